The maximum atomic E-state index is 11.8. The minimum Gasteiger partial charge on any atom is -0.355 e. The fourth-order valence-corrected chi connectivity index (χ4v) is 2.24. The number of carbonyl (C=O) groups excluding carboxylic acids is 1. The number of rotatable bonds is 5. The summed E-state index contributed by atoms with van der Waals surface area (Å²) in [6.45, 7) is 3.76. The van der Waals surface area contributed by atoms with Crippen molar-refractivity contribution in [3.8, 4) is 0 Å². The van der Waals surface area contributed by atoms with E-state index in [2.05, 4.69) is 17.1 Å². The van der Waals surface area contributed by atoms with Gasteiger partial charge in [0.1, 0.15) is 0 Å². The maximum absolute atomic E-state index is 11.8. The lowest BCUT2D eigenvalue weighted by atomic mass is 9.92. The molecular formula is C12H24N2O. The maximum Gasteiger partial charge on any atom is 0.223 e. The van der Waals surface area contributed by atoms with Crippen LogP contribution in [0.5, 0.6) is 0 Å². The van der Waals surface area contributed by atoms with E-state index in [1.165, 1.54) is 25.7 Å². The molecule has 1 amide bonds. The third kappa shape index (κ3) is 4.20. The third-order valence-corrected chi connectivity index (χ3v) is 3.38. The molecule has 1 aliphatic rings. The highest BCUT2D eigenvalue weighted by Crippen LogP contribution is 2.31. The molecule has 1 saturated carbocycles. The van der Waals surface area contributed by atoms with Crippen molar-refractivity contribution in [2.45, 2.75) is 32.6 Å². The first-order chi connectivity index (χ1) is 7.11. The van der Waals surface area contributed by atoms with Gasteiger partial charge in [-0.05, 0) is 32.9 Å². The van der Waals surface area contributed by atoms with Crippen molar-refractivity contribution in [3.05, 3.63) is 0 Å². The Balaban J connectivity index is 2.20. The third-order valence-electron chi connectivity index (χ3n) is 3.38. The molecule has 1 N–H and O–H groups in total. The number of hydrogen-bond acceptors (Lipinski definition) is 2. The molecule has 1 rings (SSSR count). The average Bonchev–Trinajstić information content (AvgIpc) is 2.68. The highest BCUT2D eigenvalue weighted by Gasteiger charge is 2.26. The highest BCUT2D eigenvalue weighted by molar-refractivity contribution is 5.78. The fourth-order valence-electron chi connectivity index (χ4n) is 2.24. The zero-order chi connectivity index (χ0) is 11.3. The van der Waals surface area contributed by atoms with Gasteiger partial charge in [-0.2, -0.15) is 0 Å². The van der Waals surface area contributed by atoms with Gasteiger partial charge in [-0.25, -0.2) is 0 Å². The summed E-state index contributed by atoms with van der Waals surface area (Å²) in [5, 5.41) is 3.01. The lowest BCUT2D eigenvalue weighted by Gasteiger charge is -2.19. The van der Waals surface area contributed by atoms with Gasteiger partial charge in [0.05, 0.1) is 0 Å². The molecule has 3 heteroatoms. The Morgan fingerprint density at radius 3 is 2.53 bits per heavy atom. The second kappa shape index (κ2) is 6.11. The van der Waals surface area contributed by atoms with E-state index in [9.17, 15) is 4.79 Å². The van der Waals surface area contributed by atoms with Crippen LogP contribution in [-0.2, 0) is 4.79 Å². The number of amides is 1. The molecule has 0 saturated heterocycles. The van der Waals surface area contributed by atoms with Crippen molar-refractivity contribution in [2.24, 2.45) is 11.8 Å². The molecule has 3 nitrogen and oxygen atoms in total. The van der Waals surface area contributed by atoms with Crippen LogP contribution in [0.2, 0.25) is 0 Å². The summed E-state index contributed by atoms with van der Waals surface area (Å²) < 4.78 is 0. The molecule has 0 radical (unpaired) electrons. The van der Waals surface area contributed by atoms with E-state index in [0.29, 0.717) is 5.92 Å². The molecule has 0 bridgehead atoms. The molecule has 0 spiro atoms. The smallest absolute Gasteiger partial charge is 0.223 e. The van der Waals surface area contributed by atoms with Crippen molar-refractivity contribution in [1.82, 2.24) is 10.2 Å². The fraction of sp³-hybridized carbons (Fsp3) is 0.917. The average molecular weight is 212 g/mol. The van der Waals surface area contributed by atoms with Crippen molar-refractivity contribution >= 4 is 5.91 Å². The molecule has 1 unspecified atom stereocenters. The van der Waals surface area contributed by atoms with Crippen LogP contribution in [0.3, 0.4) is 0 Å². The monoisotopic (exact) mass is 212 g/mol. The van der Waals surface area contributed by atoms with Crippen LogP contribution >= 0.6 is 0 Å². The van der Waals surface area contributed by atoms with E-state index in [1.807, 2.05) is 14.1 Å². The van der Waals surface area contributed by atoms with Gasteiger partial charge in [0.25, 0.3) is 0 Å². The molecule has 1 atom stereocenters. The van der Waals surface area contributed by atoms with Gasteiger partial charge < -0.3 is 10.2 Å². The Labute approximate surface area is 93.2 Å². The van der Waals surface area contributed by atoms with Gasteiger partial charge in [-0.15, -0.1) is 0 Å². The van der Waals surface area contributed by atoms with Crippen molar-refractivity contribution in [3.63, 3.8) is 0 Å². The van der Waals surface area contributed by atoms with Gasteiger partial charge in [0, 0.05) is 19.0 Å². The minimum absolute atomic E-state index is 0.203. The van der Waals surface area contributed by atoms with Gasteiger partial charge in [0.2, 0.25) is 5.91 Å². The summed E-state index contributed by atoms with van der Waals surface area (Å²) in [6, 6.07) is 0. The van der Waals surface area contributed by atoms with Crippen LogP contribution in [0.15, 0.2) is 0 Å². The van der Waals surface area contributed by atoms with Crippen molar-refractivity contribution < 1.29 is 4.79 Å². The zero-order valence-corrected chi connectivity index (χ0v) is 10.3. The quantitative estimate of drug-likeness (QED) is 0.749. The Hall–Kier alpha value is -0.570. The van der Waals surface area contributed by atoms with Gasteiger partial charge in [-0.3, -0.25) is 4.79 Å². The number of likely N-dealkylation sites (N-methyl/N-ethyl adjacent to an activating group) is 1. The Morgan fingerprint density at radius 1 is 1.40 bits per heavy atom. The summed E-state index contributed by atoms with van der Waals surface area (Å²) in [7, 11) is 4.04. The predicted octanol–water partition coefficient (Wildman–Crippen LogP) is 1.49. The van der Waals surface area contributed by atoms with Gasteiger partial charge in [0.15, 0.2) is 0 Å². The number of nitrogens with one attached hydrogen (secondary N) is 1. The van der Waals surface area contributed by atoms with Crippen molar-refractivity contribution in [1.29, 1.82) is 0 Å². The number of carbonyl (C=O) groups is 1. The molecular weight excluding hydrogens is 188 g/mol. The molecule has 88 valence electrons. The predicted molar refractivity (Wildman–Crippen MR) is 62.7 cm³/mol. The van der Waals surface area contributed by atoms with Crippen LogP contribution in [-0.4, -0.2) is 38.0 Å². The first-order valence-corrected chi connectivity index (χ1v) is 6.03. The van der Waals surface area contributed by atoms with Crippen molar-refractivity contribution in [2.75, 3.05) is 27.2 Å². The molecule has 0 aromatic rings. The van der Waals surface area contributed by atoms with Crippen LogP contribution in [0, 0.1) is 11.8 Å². The second-order valence-electron chi connectivity index (χ2n) is 4.93. The minimum atomic E-state index is 0.203. The Morgan fingerprint density at radius 2 is 2.00 bits per heavy atom. The molecule has 0 aliphatic heterocycles. The molecule has 0 aromatic heterocycles. The van der Waals surface area contributed by atoms with E-state index in [1.54, 1.807) is 0 Å². The largest absolute Gasteiger partial charge is 0.355 e. The van der Waals surface area contributed by atoms with E-state index in [4.69, 9.17) is 0 Å². The topological polar surface area (TPSA) is 32.3 Å². The number of hydrogen-bond donors (Lipinski definition) is 1. The number of nitrogens with zero attached hydrogens (tertiary/aromatic N) is 1. The SMILES string of the molecule is CC(C(=O)NCCN(C)C)C1CCCC1. The van der Waals surface area contributed by atoms with E-state index >= 15 is 0 Å². The van der Waals surface area contributed by atoms with Crippen LogP contribution < -0.4 is 5.32 Å². The molecule has 1 aliphatic carbocycles. The summed E-state index contributed by atoms with van der Waals surface area (Å²) in [4.78, 5) is 13.9. The zero-order valence-electron chi connectivity index (χ0n) is 10.3. The van der Waals surface area contributed by atoms with Crippen LogP contribution in [0.25, 0.3) is 0 Å². The first-order valence-electron chi connectivity index (χ1n) is 6.03. The molecule has 0 aromatic carbocycles. The molecule has 0 heterocycles. The van der Waals surface area contributed by atoms with Gasteiger partial charge in [-0.1, -0.05) is 19.8 Å². The summed E-state index contributed by atoms with van der Waals surface area (Å²) >= 11 is 0. The summed E-state index contributed by atoms with van der Waals surface area (Å²) in [5.41, 5.74) is 0. The van der Waals surface area contributed by atoms with Crippen LogP contribution in [0.4, 0.5) is 0 Å². The van der Waals surface area contributed by atoms with Crippen LogP contribution in [0.1, 0.15) is 32.6 Å². The highest BCUT2D eigenvalue weighted by atomic mass is 16.1. The second-order valence-corrected chi connectivity index (χ2v) is 4.93. The normalized spacial score (nSPS) is 19.5. The molecule has 15 heavy (non-hydrogen) atoms. The Kier molecular flexibility index (Phi) is 5.09. The first kappa shape index (κ1) is 12.5. The lowest BCUT2D eigenvalue weighted by Crippen LogP contribution is -2.36. The van der Waals surface area contributed by atoms with E-state index < -0.39 is 0 Å². The summed E-state index contributed by atoms with van der Waals surface area (Å²) in [5.74, 6) is 1.07. The van der Waals surface area contributed by atoms with E-state index in [-0.39, 0.29) is 11.8 Å². The van der Waals surface area contributed by atoms with Gasteiger partial charge >= 0.3 is 0 Å². The standard InChI is InChI=1S/C12H24N2O/c1-10(11-6-4-5-7-11)12(15)13-8-9-14(2)3/h10-11H,4-9H2,1-3H3,(H,13,15). The summed E-state index contributed by atoms with van der Waals surface area (Å²) in [6.07, 6.45) is 5.09. The Bertz CT molecular complexity index is 198. The molecule has 1 fully saturated rings. The van der Waals surface area contributed by atoms with E-state index in [0.717, 1.165) is 13.1 Å². The lowest BCUT2D eigenvalue weighted by molar-refractivity contribution is -0.126.